The molecular weight excluding hydrogens is 1720 g/mol. The fourth-order valence-electron chi connectivity index (χ4n) is 16.1. The van der Waals surface area contributed by atoms with Crippen molar-refractivity contribution < 1.29 is 143 Å². The summed E-state index contributed by atoms with van der Waals surface area (Å²) in [5.74, 6) is -3.83. The monoisotopic (exact) mass is 1910 g/mol. The van der Waals surface area contributed by atoms with Crippen molar-refractivity contribution in [2.75, 3.05) is 133 Å². The first-order valence-corrected chi connectivity index (χ1v) is 50.5. The van der Waals surface area contributed by atoms with Crippen molar-refractivity contribution in [3.8, 4) is 0 Å². The molecule has 0 heterocycles. The van der Waals surface area contributed by atoms with Gasteiger partial charge in [-0.2, -0.15) is 0 Å². The topological polar surface area (TPSA) is 561 Å². The van der Waals surface area contributed by atoms with Gasteiger partial charge in [-0.05, 0) is 83.6 Å². The van der Waals surface area contributed by atoms with Gasteiger partial charge in [-0.1, -0.05) is 188 Å². The number of hydrogen-bond donors (Lipinski definition) is 19. The molecule has 3 rings (SSSR count). The molecule has 8 amide bonds. The molecule has 0 aliphatic heterocycles. The van der Waals surface area contributed by atoms with E-state index in [1.54, 1.807) is 0 Å². The highest BCUT2D eigenvalue weighted by atomic mass is 31.2. The van der Waals surface area contributed by atoms with Crippen molar-refractivity contribution in [2.24, 2.45) is 23.5 Å². The van der Waals surface area contributed by atoms with Crippen LogP contribution < -0.4 is 48.3 Å². The first-order valence-electron chi connectivity index (χ1n) is 49.0. The number of amides is 8. The summed E-state index contributed by atoms with van der Waals surface area (Å²) >= 11 is 0. The number of phosphoric ester groups is 1. The molecule has 3 fully saturated rings. The number of hydrogen-bond acceptors (Lipinski definition) is 28. The molecule has 782 valence electrons. The van der Waals surface area contributed by atoms with E-state index in [9.17, 15) is 88.9 Å². The molecular formula is C93H192N9O28P. The first kappa shape index (κ1) is 126. The number of rotatable bonds is 78. The Labute approximate surface area is 790 Å². The Bertz CT molecular complexity index is 2730. The zero-order valence-electron chi connectivity index (χ0n) is 80.1. The predicted molar refractivity (Wildman–Crippen MR) is 511 cm³/mol. The molecule has 0 radical (unpaired) electrons. The van der Waals surface area contributed by atoms with Crippen LogP contribution in [-0.2, 0) is 85.1 Å². The summed E-state index contributed by atoms with van der Waals surface area (Å²) in [6.45, 7) is 10.7. The predicted octanol–water partition coefficient (Wildman–Crippen LogP) is 8.04. The van der Waals surface area contributed by atoms with Crippen LogP contribution >= 0.6 is 7.82 Å². The summed E-state index contributed by atoms with van der Waals surface area (Å²) < 4.78 is 61.1. The number of unbranched alkanes of at least 4 members (excludes halogenated alkanes) is 30. The lowest BCUT2D eigenvalue weighted by Crippen LogP contribution is -2.61. The van der Waals surface area contributed by atoms with E-state index in [4.69, 9.17) is 43.8 Å². The maximum Gasteiger partial charge on any atom is 0.471 e. The summed E-state index contributed by atoms with van der Waals surface area (Å²) in [7, 11) is -1.15. The van der Waals surface area contributed by atoms with Crippen molar-refractivity contribution >= 4 is 55.1 Å². The van der Waals surface area contributed by atoms with Gasteiger partial charge in [0, 0.05) is 151 Å². The Balaban J connectivity index is -0.00000184. The van der Waals surface area contributed by atoms with Gasteiger partial charge >= 0.3 is 7.82 Å². The lowest BCUT2D eigenvalue weighted by atomic mass is 9.79. The second kappa shape index (κ2) is 81.2. The summed E-state index contributed by atoms with van der Waals surface area (Å²) in [4.78, 5) is 110. The molecule has 0 aromatic heterocycles. The van der Waals surface area contributed by atoms with E-state index in [0.29, 0.717) is 65.3 Å². The van der Waals surface area contributed by atoms with Gasteiger partial charge in [-0.15, -0.1) is 0 Å². The van der Waals surface area contributed by atoms with E-state index in [2.05, 4.69) is 51.6 Å². The second-order valence-electron chi connectivity index (χ2n) is 34.9. The number of aliphatic hydroxyl groups excluding tert-OH is 9. The van der Waals surface area contributed by atoms with Gasteiger partial charge in [0.2, 0.25) is 47.3 Å². The summed E-state index contributed by atoms with van der Waals surface area (Å²) in [5, 5.41) is 115. The van der Waals surface area contributed by atoms with Gasteiger partial charge < -0.3 is 132 Å². The van der Waals surface area contributed by atoms with E-state index in [1.807, 2.05) is 13.8 Å². The molecule has 0 aromatic carbocycles. The van der Waals surface area contributed by atoms with Gasteiger partial charge in [-0.25, -0.2) is 4.57 Å². The number of ether oxygens (including phenoxy) is 7. The van der Waals surface area contributed by atoms with Crippen LogP contribution in [0.3, 0.4) is 0 Å². The van der Waals surface area contributed by atoms with Crippen LogP contribution in [0.5, 0.6) is 0 Å². The standard InChI is InChI=1S/C83H154N8O24.C7H18NO4P.C2H6.CH4.5H2/c1-60(95)88-74-66(50-63(53-92)77(103)80(74)106)113-44-32-26-20-14-8-5-11-17-23-29-41-84-70(99)38-47-110-56-83(91-73(102)37-35-36-69(98)87-59-109-4,57-111-48-39-71(100)85-42-30-24-18-12-6-9-15-21-27-33-45-114-67-51-64(54-93)78(104)81(107)75(67)89-61(2)96)58-112-49-40-72(101)86-43-31-25-19-13-7-10-16-22-28-34-46-115-68-52-65(55-94)79(105)82(108)76(68)90-62(3)97;1-11-13(9,10)12-7-5-3-2-4-6-8;1-2;;;;;;/h63-68,74-82,92-94,103-108H,5-59H2,1-4H3,(H,84,99)(H,85,100)(H,86,101)(H,87,98)(H,88,95)(H,89,96)(H,90,97)(H,91,102);2-8H2,1H3,(H,9,10);1-2H3;1H4;5*1H. The van der Waals surface area contributed by atoms with Crippen LogP contribution in [-0.4, -0.2) is 310 Å². The Morgan fingerprint density at radius 3 is 0.908 bits per heavy atom. The zero-order valence-corrected chi connectivity index (χ0v) is 81.0. The normalized spacial score (nSPS) is 22.7. The SMILES string of the molecule is C.CC.COCNC(=O)CCCC(=O)NC(COCCC(=O)NCCCCCCCCCCCCOC1CC(CO)C(O)C(O)C1NC(C)=O)(COCCC(=O)NCCCCCCCCCCCCOC1CC(CO)C(O)C(O)C1NC(C)=O)COCCC(=O)NCCCCCCCCCCCCOC1CC(CO)C(O)C(O)C1NC(C)=O.COP(=O)(O)OCCCCCCN.[HH].[HH].[HH].[HH].[HH]. The summed E-state index contributed by atoms with van der Waals surface area (Å²) in [6, 6.07) is -2.23. The molecule has 3 aliphatic carbocycles. The molecule has 37 nitrogen and oxygen atoms in total. The average Bonchev–Trinajstić information content (AvgIpc) is 0.820. The Morgan fingerprint density at radius 2 is 0.634 bits per heavy atom. The highest BCUT2D eigenvalue weighted by Gasteiger charge is 2.47. The first-order chi connectivity index (χ1) is 62.6. The van der Waals surface area contributed by atoms with Gasteiger partial charge in [-0.3, -0.25) is 47.4 Å². The minimum atomic E-state index is -3.75. The fourth-order valence-corrected chi connectivity index (χ4v) is 16.6. The van der Waals surface area contributed by atoms with Crippen LogP contribution in [0, 0.1) is 17.8 Å². The largest absolute Gasteiger partial charge is 0.471 e. The number of carbonyl (C=O) groups excluding carboxylic acids is 8. The Morgan fingerprint density at radius 1 is 0.366 bits per heavy atom. The van der Waals surface area contributed by atoms with Crippen molar-refractivity contribution in [1.82, 2.24) is 42.5 Å². The van der Waals surface area contributed by atoms with Crippen molar-refractivity contribution in [1.29, 1.82) is 0 Å². The van der Waals surface area contributed by atoms with Crippen molar-refractivity contribution in [2.45, 2.75) is 397 Å². The van der Waals surface area contributed by atoms with Crippen molar-refractivity contribution in [3.05, 3.63) is 0 Å². The third-order valence-electron chi connectivity index (χ3n) is 23.7. The fraction of sp³-hybridized carbons (Fsp3) is 0.914. The molecule has 0 spiro atoms. The number of nitrogens with one attached hydrogen (secondary N) is 8. The van der Waals surface area contributed by atoms with Crippen LogP contribution in [0.15, 0.2) is 0 Å². The van der Waals surface area contributed by atoms with Gasteiger partial charge in [0.25, 0.3) is 0 Å². The lowest BCUT2D eigenvalue weighted by Gasteiger charge is -2.42. The number of phosphoric acid groups is 1. The lowest BCUT2D eigenvalue weighted by molar-refractivity contribution is -0.142. The third-order valence-corrected chi connectivity index (χ3v) is 24.6. The third kappa shape index (κ3) is 61.9. The molecule has 0 bridgehead atoms. The average molecular weight is 1920 g/mol. The quantitative estimate of drug-likeness (QED) is 0.0155. The molecule has 3 saturated carbocycles. The number of methoxy groups -OCH3 is 1. The number of aliphatic hydroxyl groups is 9. The van der Waals surface area contributed by atoms with Crippen LogP contribution in [0.1, 0.15) is 325 Å². The van der Waals surface area contributed by atoms with Crippen LogP contribution in [0.2, 0.25) is 0 Å². The zero-order chi connectivity index (χ0) is 96.4. The molecule has 38 heteroatoms. The number of nitrogens with two attached hydrogens (primary N) is 1. The van der Waals surface area contributed by atoms with Gasteiger partial charge in [0.15, 0.2) is 0 Å². The minimum Gasteiger partial charge on any atom is -0.396 e. The van der Waals surface area contributed by atoms with Gasteiger partial charge in [0.1, 0.15) is 30.6 Å². The Kier molecular flexibility index (Phi) is 78.2. The summed E-state index contributed by atoms with van der Waals surface area (Å²) in [6.07, 6.45) is 26.7. The van der Waals surface area contributed by atoms with Crippen molar-refractivity contribution in [3.63, 3.8) is 0 Å². The van der Waals surface area contributed by atoms with E-state index in [1.165, 1.54) is 27.9 Å². The number of carbonyl (C=O) groups is 8. The summed E-state index contributed by atoms with van der Waals surface area (Å²) in [5.41, 5.74) is 3.98. The maximum absolute atomic E-state index is 13.8. The molecule has 16 unspecified atom stereocenters. The molecule has 20 N–H and O–H groups in total. The second-order valence-corrected chi connectivity index (χ2v) is 36.4. The van der Waals surface area contributed by atoms with Crippen LogP contribution in [0.4, 0.5) is 0 Å². The highest BCUT2D eigenvalue weighted by molar-refractivity contribution is 7.47. The van der Waals surface area contributed by atoms with E-state index in [-0.39, 0.29) is 167 Å². The maximum atomic E-state index is 13.8. The van der Waals surface area contributed by atoms with E-state index >= 15 is 0 Å². The molecule has 16 atom stereocenters. The minimum absolute atomic E-state index is 0. The van der Waals surface area contributed by atoms with E-state index < -0.39 is 110 Å². The van der Waals surface area contributed by atoms with E-state index in [0.717, 1.165) is 225 Å². The Hall–Kier alpha value is -4.81. The molecule has 131 heavy (non-hydrogen) atoms. The smallest absolute Gasteiger partial charge is 0.396 e. The molecule has 3 aliphatic rings. The van der Waals surface area contributed by atoms with Crippen LogP contribution in [0.25, 0.3) is 0 Å². The molecule has 0 aromatic rings. The highest BCUT2D eigenvalue weighted by Crippen LogP contribution is 2.42. The van der Waals surface area contributed by atoms with Gasteiger partial charge in [0.05, 0.1) is 101 Å². The molecule has 0 saturated heterocycles.